The van der Waals surface area contributed by atoms with Crippen LogP contribution < -0.4 is 0 Å². The summed E-state index contributed by atoms with van der Waals surface area (Å²) >= 11 is 5.67. The van der Waals surface area contributed by atoms with E-state index in [0.29, 0.717) is 5.92 Å². The number of aromatic nitrogens is 3. The van der Waals surface area contributed by atoms with Crippen molar-refractivity contribution in [2.45, 2.75) is 38.4 Å². The molecule has 2 heterocycles. The summed E-state index contributed by atoms with van der Waals surface area (Å²) in [5.74, 6) is 1.73. The van der Waals surface area contributed by atoms with Crippen LogP contribution in [-0.2, 0) is 13.2 Å². The normalized spacial score (nSPS) is 18.2. The standard InChI is InChI=1S/C20H24N4S/c1-2-12-23-19(18-8-9-18)21-24(20(23)25)15-22-13-10-17(11-14-22)16-6-4-3-5-7-16/h2-7,10,18H,1,8-9,11-15H2. The number of benzene rings is 1. The van der Waals surface area contributed by atoms with Crippen molar-refractivity contribution >= 4 is 17.8 Å². The summed E-state index contributed by atoms with van der Waals surface area (Å²) in [4.78, 5) is 2.41. The van der Waals surface area contributed by atoms with Crippen LogP contribution in [0.4, 0.5) is 0 Å². The van der Waals surface area contributed by atoms with Gasteiger partial charge in [0.2, 0.25) is 0 Å². The van der Waals surface area contributed by atoms with E-state index in [9.17, 15) is 0 Å². The van der Waals surface area contributed by atoms with Gasteiger partial charge in [-0.15, -0.1) is 6.58 Å². The fourth-order valence-corrected chi connectivity index (χ4v) is 3.70. The molecular formula is C20H24N4S. The summed E-state index contributed by atoms with van der Waals surface area (Å²) in [5, 5.41) is 4.83. The topological polar surface area (TPSA) is 26.0 Å². The van der Waals surface area contributed by atoms with Crippen LogP contribution in [0.25, 0.3) is 5.57 Å². The molecule has 0 radical (unpaired) electrons. The van der Waals surface area contributed by atoms with Crippen molar-refractivity contribution in [3.63, 3.8) is 0 Å². The lowest BCUT2D eigenvalue weighted by molar-refractivity contribution is 0.225. The molecule has 0 saturated heterocycles. The minimum atomic E-state index is 0.592. The van der Waals surface area contributed by atoms with E-state index < -0.39 is 0 Å². The maximum absolute atomic E-state index is 5.67. The minimum absolute atomic E-state index is 0.592. The molecule has 2 aromatic rings. The Bertz CT molecular complexity index is 842. The SMILES string of the molecule is C=CCn1c(C2CC2)nn(CN2CC=C(c3ccccc3)CC2)c1=S. The highest BCUT2D eigenvalue weighted by molar-refractivity contribution is 7.71. The van der Waals surface area contributed by atoms with Gasteiger partial charge in [-0.1, -0.05) is 42.5 Å². The van der Waals surface area contributed by atoms with Crippen molar-refractivity contribution in [2.24, 2.45) is 0 Å². The van der Waals surface area contributed by atoms with Crippen molar-refractivity contribution in [2.75, 3.05) is 13.1 Å². The smallest absolute Gasteiger partial charge is 0.199 e. The average Bonchev–Trinajstić information content (AvgIpc) is 3.45. The fourth-order valence-electron chi connectivity index (χ4n) is 3.44. The summed E-state index contributed by atoms with van der Waals surface area (Å²) in [6, 6.07) is 10.7. The van der Waals surface area contributed by atoms with Gasteiger partial charge in [0.05, 0.1) is 6.67 Å². The van der Waals surface area contributed by atoms with Crippen LogP contribution in [0.3, 0.4) is 0 Å². The van der Waals surface area contributed by atoms with Crippen molar-refractivity contribution in [1.82, 2.24) is 19.2 Å². The summed E-state index contributed by atoms with van der Waals surface area (Å²) in [6.45, 7) is 7.36. The Morgan fingerprint density at radius 3 is 2.68 bits per heavy atom. The van der Waals surface area contributed by atoms with E-state index in [-0.39, 0.29) is 0 Å². The van der Waals surface area contributed by atoms with Crippen LogP contribution in [0.5, 0.6) is 0 Å². The third-order valence-corrected chi connectivity index (χ3v) is 5.41. The van der Waals surface area contributed by atoms with Crippen LogP contribution in [0.1, 0.15) is 36.6 Å². The molecular weight excluding hydrogens is 328 g/mol. The van der Waals surface area contributed by atoms with Gasteiger partial charge in [-0.2, -0.15) is 5.10 Å². The summed E-state index contributed by atoms with van der Waals surface area (Å²) in [5.41, 5.74) is 2.78. The van der Waals surface area contributed by atoms with Crippen LogP contribution in [0, 0.1) is 4.77 Å². The molecule has 4 nitrogen and oxygen atoms in total. The molecule has 4 rings (SSSR count). The molecule has 1 aromatic carbocycles. The first kappa shape index (κ1) is 16.5. The number of rotatable bonds is 6. The zero-order chi connectivity index (χ0) is 17.2. The van der Waals surface area contributed by atoms with Gasteiger partial charge >= 0.3 is 0 Å². The summed E-state index contributed by atoms with van der Waals surface area (Å²) < 4.78 is 4.96. The van der Waals surface area contributed by atoms with Gasteiger partial charge in [-0.25, -0.2) is 4.68 Å². The Balaban J connectivity index is 1.48. The van der Waals surface area contributed by atoms with Gasteiger partial charge in [0.15, 0.2) is 4.77 Å². The van der Waals surface area contributed by atoms with Gasteiger partial charge < -0.3 is 0 Å². The molecule has 130 valence electrons. The molecule has 1 fully saturated rings. The second kappa shape index (κ2) is 7.10. The number of hydrogen-bond donors (Lipinski definition) is 0. The van der Waals surface area contributed by atoms with Gasteiger partial charge in [-0.05, 0) is 42.6 Å². The summed E-state index contributed by atoms with van der Waals surface area (Å²) in [6.07, 6.45) is 7.78. The molecule has 0 unspecified atom stereocenters. The van der Waals surface area contributed by atoms with Crippen LogP contribution in [0.2, 0.25) is 0 Å². The zero-order valence-corrected chi connectivity index (χ0v) is 15.3. The summed E-state index contributed by atoms with van der Waals surface area (Å²) in [7, 11) is 0. The van der Waals surface area contributed by atoms with E-state index in [1.165, 1.54) is 24.0 Å². The first-order valence-electron chi connectivity index (χ1n) is 9.01. The van der Waals surface area contributed by atoms with Gasteiger partial charge in [-0.3, -0.25) is 9.47 Å². The Morgan fingerprint density at radius 2 is 2.04 bits per heavy atom. The van der Waals surface area contributed by atoms with Crippen molar-refractivity contribution < 1.29 is 0 Å². The molecule has 0 atom stereocenters. The molecule has 0 bridgehead atoms. The van der Waals surface area contributed by atoms with Crippen LogP contribution >= 0.6 is 12.2 Å². The average molecular weight is 353 g/mol. The molecule has 0 spiro atoms. The molecule has 1 saturated carbocycles. The maximum atomic E-state index is 5.67. The van der Waals surface area contributed by atoms with E-state index >= 15 is 0 Å². The van der Waals surface area contributed by atoms with Crippen LogP contribution in [0.15, 0.2) is 49.1 Å². The van der Waals surface area contributed by atoms with Crippen LogP contribution in [-0.4, -0.2) is 32.3 Å². The van der Waals surface area contributed by atoms with Crippen molar-refractivity contribution in [1.29, 1.82) is 0 Å². The van der Waals surface area contributed by atoms with Gasteiger partial charge in [0.1, 0.15) is 5.82 Å². The van der Waals surface area contributed by atoms with Crippen molar-refractivity contribution in [3.8, 4) is 0 Å². The number of nitrogens with zero attached hydrogens (tertiary/aromatic N) is 4. The van der Waals surface area contributed by atoms with E-state index in [4.69, 9.17) is 17.3 Å². The molecule has 1 aromatic heterocycles. The molecule has 2 aliphatic rings. The first-order chi connectivity index (χ1) is 12.3. The lowest BCUT2D eigenvalue weighted by Gasteiger charge is -2.26. The van der Waals surface area contributed by atoms with E-state index in [1.807, 2.05) is 10.8 Å². The number of allylic oxidation sites excluding steroid dienone is 1. The second-order valence-corrected chi connectivity index (χ2v) is 7.24. The third kappa shape index (κ3) is 3.53. The lowest BCUT2D eigenvalue weighted by Crippen LogP contribution is -2.31. The molecule has 0 amide bonds. The minimum Gasteiger partial charge on any atom is -0.300 e. The van der Waals surface area contributed by atoms with E-state index in [1.54, 1.807) is 0 Å². The Hall–Kier alpha value is -1.98. The number of hydrogen-bond acceptors (Lipinski definition) is 3. The molecule has 0 N–H and O–H groups in total. The highest BCUT2D eigenvalue weighted by Gasteiger charge is 2.30. The molecule has 25 heavy (non-hydrogen) atoms. The Labute approximate surface area is 154 Å². The molecule has 1 aliphatic heterocycles. The molecule has 5 heteroatoms. The fraction of sp³-hybridized carbons (Fsp3) is 0.400. The highest BCUT2D eigenvalue weighted by Crippen LogP contribution is 2.39. The van der Waals surface area contributed by atoms with Gasteiger partial charge in [0, 0.05) is 25.6 Å². The predicted octanol–water partition coefficient (Wildman–Crippen LogP) is 4.22. The Kier molecular flexibility index (Phi) is 4.68. The maximum Gasteiger partial charge on any atom is 0.199 e. The van der Waals surface area contributed by atoms with Gasteiger partial charge in [0.25, 0.3) is 0 Å². The Morgan fingerprint density at radius 1 is 1.24 bits per heavy atom. The molecule has 1 aliphatic carbocycles. The zero-order valence-electron chi connectivity index (χ0n) is 14.5. The quantitative estimate of drug-likeness (QED) is 0.575. The van der Waals surface area contributed by atoms with Crippen molar-refractivity contribution in [3.05, 3.63) is 65.2 Å². The third-order valence-electron chi connectivity index (χ3n) is 4.98. The lowest BCUT2D eigenvalue weighted by atomic mass is 10.00. The first-order valence-corrected chi connectivity index (χ1v) is 9.42. The van der Waals surface area contributed by atoms with E-state index in [0.717, 1.165) is 43.3 Å². The monoisotopic (exact) mass is 352 g/mol. The highest BCUT2D eigenvalue weighted by atomic mass is 32.1. The largest absolute Gasteiger partial charge is 0.300 e. The second-order valence-electron chi connectivity index (χ2n) is 6.88. The predicted molar refractivity (Wildman–Crippen MR) is 104 cm³/mol. The van der Waals surface area contributed by atoms with E-state index in [2.05, 4.69) is 52.5 Å².